The Kier molecular flexibility index (Phi) is 9.09. The zero-order valence-electron chi connectivity index (χ0n) is 23.4. The Morgan fingerprint density at radius 1 is 0.909 bits per heavy atom. The van der Waals surface area contributed by atoms with Crippen LogP contribution >= 0.6 is 11.8 Å². The Morgan fingerprint density at radius 2 is 1.59 bits per heavy atom. The van der Waals surface area contributed by atoms with Crippen LogP contribution in [-0.4, -0.2) is 41.3 Å². The second-order valence-electron chi connectivity index (χ2n) is 9.56. The maximum Gasteiger partial charge on any atom is 0.307 e. The van der Waals surface area contributed by atoms with Gasteiger partial charge in [0.25, 0.3) is 5.91 Å². The van der Waals surface area contributed by atoms with E-state index in [4.69, 9.17) is 19.3 Å². The van der Waals surface area contributed by atoms with Gasteiger partial charge in [-0.25, -0.2) is 18.2 Å². The average molecular weight is 623 g/mol. The zero-order chi connectivity index (χ0) is 31.4. The fourth-order valence-electron chi connectivity index (χ4n) is 4.61. The zero-order valence-corrected chi connectivity index (χ0v) is 24.2. The highest BCUT2D eigenvalue weighted by molar-refractivity contribution is 8.14. The van der Waals surface area contributed by atoms with E-state index in [2.05, 4.69) is 5.10 Å². The number of thioether (sulfide) groups is 1. The summed E-state index contributed by atoms with van der Waals surface area (Å²) in [5, 5.41) is 13.8. The largest absolute Gasteiger partial charge is 0.497 e. The summed E-state index contributed by atoms with van der Waals surface area (Å²) in [6.07, 6.45) is -0.138. The van der Waals surface area contributed by atoms with Crippen molar-refractivity contribution in [2.24, 2.45) is 5.10 Å². The lowest BCUT2D eigenvalue weighted by Crippen LogP contribution is -2.28. The first-order chi connectivity index (χ1) is 21.2. The van der Waals surface area contributed by atoms with Gasteiger partial charge in [0, 0.05) is 23.3 Å². The Bertz CT molecular complexity index is 1730. The summed E-state index contributed by atoms with van der Waals surface area (Å²) in [7, 11) is 2.66. The molecule has 1 N–H and O–H groups in total. The number of hydrogen-bond acceptors (Lipinski definition) is 7. The van der Waals surface area contributed by atoms with Gasteiger partial charge in [0.05, 0.1) is 20.6 Å². The average Bonchev–Trinajstić information content (AvgIpc) is 3.45. The molecule has 5 rings (SSSR count). The van der Waals surface area contributed by atoms with E-state index in [1.807, 2.05) is 0 Å². The first-order valence-corrected chi connectivity index (χ1v) is 14.0. The van der Waals surface area contributed by atoms with Crippen LogP contribution in [0.25, 0.3) is 0 Å². The maximum absolute atomic E-state index is 15.0. The summed E-state index contributed by atoms with van der Waals surface area (Å²) in [5.41, 5.74) is 1.40. The third-order valence-electron chi connectivity index (χ3n) is 6.63. The van der Waals surface area contributed by atoms with Crippen molar-refractivity contribution < 1.29 is 42.1 Å². The number of nitrogens with zero attached hydrogens (tertiary/aromatic N) is 2. The summed E-state index contributed by atoms with van der Waals surface area (Å²) in [6, 6.07) is 19.2. The number of hydrazone groups is 1. The normalized spacial score (nSPS) is 14.2. The third kappa shape index (κ3) is 6.50. The molecule has 1 amide bonds. The number of rotatable bonds is 10. The van der Waals surface area contributed by atoms with E-state index in [0.717, 1.165) is 34.5 Å². The number of amides is 1. The van der Waals surface area contributed by atoms with E-state index in [1.54, 1.807) is 42.5 Å². The van der Waals surface area contributed by atoms with Crippen molar-refractivity contribution in [2.45, 2.75) is 18.4 Å². The van der Waals surface area contributed by atoms with Crippen molar-refractivity contribution in [3.63, 3.8) is 0 Å². The van der Waals surface area contributed by atoms with E-state index in [0.29, 0.717) is 27.5 Å². The predicted molar refractivity (Wildman–Crippen MR) is 157 cm³/mol. The number of carboxylic acid groups (broad SMARTS) is 1. The van der Waals surface area contributed by atoms with E-state index in [1.165, 1.54) is 38.5 Å². The second kappa shape index (κ2) is 13.1. The quantitative estimate of drug-likeness (QED) is 0.214. The highest BCUT2D eigenvalue weighted by atomic mass is 32.2. The molecule has 1 heterocycles. The molecule has 0 saturated carbocycles. The highest BCUT2D eigenvalue weighted by Crippen LogP contribution is 2.48. The van der Waals surface area contributed by atoms with Crippen LogP contribution in [0.15, 0.2) is 84.0 Å². The molecule has 0 spiro atoms. The number of carbonyl (C=O) groups is 2. The van der Waals surface area contributed by atoms with Crippen LogP contribution in [-0.2, 0) is 17.8 Å². The summed E-state index contributed by atoms with van der Waals surface area (Å²) < 4.78 is 60.4. The van der Waals surface area contributed by atoms with Crippen LogP contribution < -0.4 is 14.2 Å². The molecular weight excluding hydrogens is 597 g/mol. The lowest BCUT2D eigenvalue weighted by Gasteiger charge is -2.24. The molecule has 0 aliphatic carbocycles. The summed E-state index contributed by atoms with van der Waals surface area (Å²) in [5.74, 6) is -4.29. The van der Waals surface area contributed by atoms with Gasteiger partial charge in [0.2, 0.25) is 0 Å². The van der Waals surface area contributed by atoms with Gasteiger partial charge < -0.3 is 19.3 Å². The van der Waals surface area contributed by atoms with E-state index in [-0.39, 0.29) is 24.5 Å². The number of hydrogen-bond donors (Lipinski definition) is 1. The summed E-state index contributed by atoms with van der Waals surface area (Å²) in [4.78, 5) is 24.8. The van der Waals surface area contributed by atoms with Gasteiger partial charge in [-0.1, -0.05) is 48.2 Å². The van der Waals surface area contributed by atoms with Crippen LogP contribution in [0.4, 0.5) is 13.2 Å². The Balaban J connectivity index is 1.51. The number of aliphatic carboxylic acids is 1. The van der Waals surface area contributed by atoms with Gasteiger partial charge >= 0.3 is 5.97 Å². The monoisotopic (exact) mass is 622 g/mol. The summed E-state index contributed by atoms with van der Waals surface area (Å²) in [6.45, 7) is 0.0767. The molecule has 0 aromatic heterocycles. The predicted octanol–water partition coefficient (Wildman–Crippen LogP) is 6.58. The minimum absolute atomic E-state index is 0.0767. The molecule has 0 bridgehead atoms. The minimum atomic E-state index is -1.13. The molecule has 12 heteroatoms. The first-order valence-electron chi connectivity index (χ1n) is 13.2. The van der Waals surface area contributed by atoms with Gasteiger partial charge in [0.15, 0.2) is 11.5 Å². The minimum Gasteiger partial charge on any atom is -0.497 e. The topological polar surface area (TPSA) is 97.7 Å². The second-order valence-corrected chi connectivity index (χ2v) is 10.6. The smallest absolute Gasteiger partial charge is 0.307 e. The molecule has 0 fully saturated rings. The Hall–Kier alpha value is -4.97. The fourth-order valence-corrected chi connectivity index (χ4v) is 5.78. The molecule has 1 atom stereocenters. The standard InChI is InChI=1S/C32H25F3N2O6S/c1-41-22-15-24(34)28(25(35)16-22)31(40)37-32(44-30(36-37)20-9-11-21(33)12-10-20)23-7-4-8-26(29(23)42-2)43-17-19-6-3-5-18(13-19)14-27(38)39/h3-13,15-16,32H,14,17H2,1-2H3,(H,38,39). The number of carbonyl (C=O) groups excluding carboxylic acids is 1. The van der Waals surface area contributed by atoms with E-state index < -0.39 is 40.3 Å². The van der Waals surface area contributed by atoms with Gasteiger partial charge in [0.1, 0.15) is 45.8 Å². The number of para-hydroxylation sites is 1. The summed E-state index contributed by atoms with van der Waals surface area (Å²) >= 11 is 1.11. The lowest BCUT2D eigenvalue weighted by atomic mass is 10.1. The van der Waals surface area contributed by atoms with E-state index in [9.17, 15) is 14.0 Å². The third-order valence-corrected chi connectivity index (χ3v) is 7.85. The molecule has 8 nitrogen and oxygen atoms in total. The van der Waals surface area contributed by atoms with Crippen LogP contribution in [0.2, 0.25) is 0 Å². The van der Waals surface area contributed by atoms with Crippen LogP contribution in [0.3, 0.4) is 0 Å². The molecule has 4 aromatic carbocycles. The van der Waals surface area contributed by atoms with Gasteiger partial charge in [-0.05, 0) is 41.5 Å². The molecule has 1 unspecified atom stereocenters. The lowest BCUT2D eigenvalue weighted by molar-refractivity contribution is -0.136. The van der Waals surface area contributed by atoms with Gasteiger partial charge in [-0.3, -0.25) is 9.59 Å². The molecule has 226 valence electrons. The Labute approximate surface area is 254 Å². The fraction of sp³-hybridized carbons (Fsp3) is 0.156. The van der Waals surface area contributed by atoms with Crippen LogP contribution in [0.5, 0.6) is 17.2 Å². The number of ether oxygens (including phenoxy) is 3. The van der Waals surface area contributed by atoms with Crippen LogP contribution in [0, 0.1) is 17.5 Å². The van der Waals surface area contributed by atoms with E-state index >= 15 is 8.78 Å². The van der Waals surface area contributed by atoms with Crippen molar-refractivity contribution in [2.75, 3.05) is 14.2 Å². The Morgan fingerprint density at radius 3 is 2.25 bits per heavy atom. The number of carboxylic acids is 1. The van der Waals surface area contributed by atoms with Gasteiger partial charge in [-0.2, -0.15) is 5.10 Å². The van der Waals surface area contributed by atoms with Crippen molar-refractivity contribution >= 4 is 28.7 Å². The molecule has 1 aliphatic heterocycles. The maximum atomic E-state index is 15.0. The molecule has 0 radical (unpaired) electrons. The first kappa shape index (κ1) is 30.5. The van der Waals surface area contributed by atoms with Crippen molar-refractivity contribution in [1.29, 1.82) is 0 Å². The molecule has 4 aromatic rings. The molecule has 1 aliphatic rings. The number of methoxy groups -OCH3 is 2. The highest BCUT2D eigenvalue weighted by Gasteiger charge is 2.39. The number of benzene rings is 4. The van der Waals surface area contributed by atoms with Crippen molar-refractivity contribution in [1.82, 2.24) is 5.01 Å². The van der Waals surface area contributed by atoms with Crippen molar-refractivity contribution in [3.8, 4) is 17.2 Å². The van der Waals surface area contributed by atoms with Crippen LogP contribution in [0.1, 0.15) is 38.0 Å². The molecule has 44 heavy (non-hydrogen) atoms. The van der Waals surface area contributed by atoms with Crippen molar-refractivity contribution in [3.05, 3.63) is 124 Å². The van der Waals surface area contributed by atoms with Gasteiger partial charge in [-0.15, -0.1) is 0 Å². The SMILES string of the molecule is COc1cc(F)c(C(=O)N2N=C(c3ccc(F)cc3)SC2c2cccc(OCc3cccc(CC(=O)O)c3)c2OC)c(F)c1. The molecular formula is C32H25F3N2O6S. The molecule has 0 saturated heterocycles. The number of halogens is 3.